The minimum absolute atomic E-state index is 0.304. The molecule has 0 radical (unpaired) electrons. The van der Waals surface area contributed by atoms with Crippen LogP contribution >= 0.6 is 11.3 Å². The van der Waals surface area contributed by atoms with Gasteiger partial charge in [-0.3, -0.25) is 0 Å². The first-order valence-electron chi connectivity index (χ1n) is 7.03. The zero-order valence-electron chi connectivity index (χ0n) is 12.2. The van der Waals surface area contributed by atoms with Crippen LogP contribution in [0.5, 0.6) is 0 Å². The number of aromatic nitrogens is 6. The first kappa shape index (κ1) is 13.1. The summed E-state index contributed by atoms with van der Waals surface area (Å²) in [6.45, 7) is 4.20. The lowest BCUT2D eigenvalue weighted by Crippen LogP contribution is -1.91. The molecule has 0 saturated heterocycles. The third-order valence-corrected chi connectivity index (χ3v) is 4.40. The molecule has 7 heteroatoms. The van der Waals surface area contributed by atoms with Crippen molar-refractivity contribution < 1.29 is 0 Å². The molecule has 0 bridgehead atoms. The lowest BCUT2D eigenvalue weighted by Gasteiger charge is -2.00. The Labute approximate surface area is 130 Å². The Morgan fingerprint density at radius 1 is 1.23 bits per heavy atom. The van der Waals surface area contributed by atoms with Crippen LogP contribution in [0, 0.1) is 0 Å². The second-order valence-electron chi connectivity index (χ2n) is 5.35. The summed E-state index contributed by atoms with van der Waals surface area (Å²) in [5.41, 5.74) is 4.64. The summed E-state index contributed by atoms with van der Waals surface area (Å²) in [7, 11) is 0. The molecule has 0 unspecified atom stereocenters. The van der Waals surface area contributed by atoms with Crippen molar-refractivity contribution in [2.24, 2.45) is 0 Å². The molecule has 110 valence electrons. The van der Waals surface area contributed by atoms with Gasteiger partial charge in [-0.05, 0) is 18.1 Å². The van der Waals surface area contributed by atoms with Gasteiger partial charge in [-0.2, -0.15) is 15.4 Å². The van der Waals surface area contributed by atoms with Crippen molar-refractivity contribution in [3.05, 3.63) is 35.6 Å². The number of aromatic amines is 2. The molecule has 22 heavy (non-hydrogen) atoms. The van der Waals surface area contributed by atoms with Crippen molar-refractivity contribution in [1.82, 2.24) is 30.4 Å². The monoisotopic (exact) mass is 310 g/mol. The smallest absolute Gasteiger partial charge is 0.146 e. The normalized spacial score (nSPS) is 11.6. The Hall–Kier alpha value is -2.54. The van der Waals surface area contributed by atoms with Crippen LogP contribution in [0.1, 0.15) is 25.5 Å². The van der Waals surface area contributed by atoms with E-state index in [1.165, 1.54) is 0 Å². The predicted octanol–water partition coefficient (Wildman–Crippen LogP) is 3.59. The highest BCUT2D eigenvalue weighted by Crippen LogP contribution is 2.33. The highest BCUT2D eigenvalue weighted by atomic mass is 32.1. The zero-order chi connectivity index (χ0) is 15.1. The van der Waals surface area contributed by atoms with E-state index in [1.54, 1.807) is 17.5 Å². The molecule has 0 fully saturated rings. The van der Waals surface area contributed by atoms with Gasteiger partial charge in [0, 0.05) is 28.7 Å². The van der Waals surface area contributed by atoms with E-state index in [1.807, 2.05) is 23.7 Å². The van der Waals surface area contributed by atoms with Gasteiger partial charge in [0.15, 0.2) is 0 Å². The fourth-order valence-electron chi connectivity index (χ4n) is 2.47. The maximum absolute atomic E-state index is 4.74. The van der Waals surface area contributed by atoms with Gasteiger partial charge in [0.05, 0.1) is 11.4 Å². The molecule has 4 aromatic heterocycles. The van der Waals surface area contributed by atoms with E-state index in [4.69, 9.17) is 4.98 Å². The molecular formula is C15H14N6S. The number of fused-ring (bicyclic) bond motifs is 1. The SMILES string of the molecule is CC(C)c1n[nH]nc1-c1nc(-c2c[nH]c3ncccc23)cs1. The molecule has 0 aliphatic carbocycles. The largest absolute Gasteiger partial charge is 0.345 e. The first-order valence-corrected chi connectivity index (χ1v) is 7.91. The van der Waals surface area contributed by atoms with E-state index in [0.717, 1.165) is 38.7 Å². The van der Waals surface area contributed by atoms with E-state index < -0.39 is 0 Å². The topological polar surface area (TPSA) is 83.1 Å². The van der Waals surface area contributed by atoms with Crippen LogP contribution in [0.3, 0.4) is 0 Å². The van der Waals surface area contributed by atoms with E-state index in [-0.39, 0.29) is 0 Å². The zero-order valence-corrected chi connectivity index (χ0v) is 13.0. The summed E-state index contributed by atoms with van der Waals surface area (Å²) < 4.78 is 0. The van der Waals surface area contributed by atoms with E-state index in [0.29, 0.717) is 5.92 Å². The van der Waals surface area contributed by atoms with Crippen molar-refractivity contribution in [3.63, 3.8) is 0 Å². The molecule has 0 atom stereocenters. The Bertz CT molecular complexity index is 932. The summed E-state index contributed by atoms with van der Waals surface area (Å²) in [6.07, 6.45) is 3.72. The summed E-state index contributed by atoms with van der Waals surface area (Å²) in [5, 5.41) is 15.2. The van der Waals surface area contributed by atoms with Gasteiger partial charge in [0.2, 0.25) is 0 Å². The van der Waals surface area contributed by atoms with Gasteiger partial charge in [0.1, 0.15) is 16.3 Å². The van der Waals surface area contributed by atoms with E-state index in [9.17, 15) is 0 Å². The van der Waals surface area contributed by atoms with Crippen molar-refractivity contribution in [1.29, 1.82) is 0 Å². The Morgan fingerprint density at radius 3 is 3.00 bits per heavy atom. The molecule has 0 aliphatic rings. The minimum Gasteiger partial charge on any atom is -0.345 e. The van der Waals surface area contributed by atoms with Crippen LogP contribution in [-0.2, 0) is 0 Å². The molecule has 0 spiro atoms. The third-order valence-electron chi connectivity index (χ3n) is 3.56. The maximum Gasteiger partial charge on any atom is 0.146 e. The maximum atomic E-state index is 4.74. The second-order valence-corrected chi connectivity index (χ2v) is 6.21. The van der Waals surface area contributed by atoms with Crippen LogP contribution in [-0.4, -0.2) is 30.4 Å². The first-order chi connectivity index (χ1) is 10.7. The fraction of sp³-hybridized carbons (Fsp3) is 0.200. The number of hydrogen-bond donors (Lipinski definition) is 2. The van der Waals surface area contributed by atoms with Gasteiger partial charge in [-0.15, -0.1) is 11.3 Å². The molecule has 4 rings (SSSR count). The van der Waals surface area contributed by atoms with Crippen LogP contribution in [0.4, 0.5) is 0 Å². The summed E-state index contributed by atoms with van der Waals surface area (Å²) in [4.78, 5) is 12.2. The van der Waals surface area contributed by atoms with E-state index in [2.05, 4.69) is 39.2 Å². The molecule has 4 heterocycles. The van der Waals surface area contributed by atoms with Gasteiger partial charge in [0.25, 0.3) is 0 Å². The Balaban J connectivity index is 1.80. The van der Waals surface area contributed by atoms with Gasteiger partial charge in [-0.25, -0.2) is 9.97 Å². The van der Waals surface area contributed by atoms with Crippen LogP contribution < -0.4 is 0 Å². The molecule has 6 nitrogen and oxygen atoms in total. The average Bonchev–Trinajstić information content (AvgIpc) is 3.24. The molecule has 0 aromatic carbocycles. The lowest BCUT2D eigenvalue weighted by atomic mass is 10.1. The van der Waals surface area contributed by atoms with Crippen molar-refractivity contribution in [2.45, 2.75) is 19.8 Å². The second kappa shape index (κ2) is 5.03. The number of H-pyrrole nitrogens is 2. The van der Waals surface area contributed by atoms with Crippen LogP contribution in [0.2, 0.25) is 0 Å². The fourth-order valence-corrected chi connectivity index (χ4v) is 3.29. The highest BCUT2D eigenvalue weighted by Gasteiger charge is 2.18. The van der Waals surface area contributed by atoms with Gasteiger partial charge in [-0.1, -0.05) is 13.8 Å². The molecule has 0 amide bonds. The minimum atomic E-state index is 0.304. The number of nitrogens with one attached hydrogen (secondary N) is 2. The third kappa shape index (κ3) is 2.01. The van der Waals surface area contributed by atoms with Crippen LogP contribution in [0.25, 0.3) is 33.0 Å². The number of nitrogens with zero attached hydrogens (tertiary/aromatic N) is 4. The lowest BCUT2D eigenvalue weighted by molar-refractivity contribution is 0.805. The summed E-state index contributed by atoms with van der Waals surface area (Å²) in [6, 6.07) is 3.98. The molecule has 0 saturated carbocycles. The molecule has 2 N–H and O–H groups in total. The Morgan fingerprint density at radius 2 is 2.14 bits per heavy atom. The van der Waals surface area contributed by atoms with Crippen molar-refractivity contribution in [2.75, 3.05) is 0 Å². The van der Waals surface area contributed by atoms with Crippen LogP contribution in [0.15, 0.2) is 29.9 Å². The van der Waals surface area contributed by atoms with Crippen molar-refractivity contribution >= 4 is 22.4 Å². The number of rotatable bonds is 3. The number of pyridine rings is 1. The average molecular weight is 310 g/mol. The standard InChI is InChI=1S/C15H14N6S/c1-8(2)12-13(20-21-19-12)15-18-11(7-22-15)10-6-17-14-9(10)4-3-5-16-14/h3-8H,1-2H3,(H,16,17)(H,19,20,21). The van der Waals surface area contributed by atoms with Gasteiger partial charge >= 0.3 is 0 Å². The molecular weight excluding hydrogens is 296 g/mol. The van der Waals surface area contributed by atoms with Gasteiger partial charge < -0.3 is 4.98 Å². The predicted molar refractivity (Wildman–Crippen MR) is 86.7 cm³/mol. The number of thiazole rings is 1. The number of hydrogen-bond acceptors (Lipinski definition) is 5. The van der Waals surface area contributed by atoms with E-state index >= 15 is 0 Å². The Kier molecular flexibility index (Phi) is 3.00. The molecule has 0 aliphatic heterocycles. The molecule has 4 aromatic rings. The summed E-state index contributed by atoms with van der Waals surface area (Å²) in [5.74, 6) is 0.304. The highest BCUT2D eigenvalue weighted by molar-refractivity contribution is 7.13. The quantitative estimate of drug-likeness (QED) is 0.605. The van der Waals surface area contributed by atoms with Crippen molar-refractivity contribution in [3.8, 4) is 22.0 Å². The summed E-state index contributed by atoms with van der Waals surface area (Å²) >= 11 is 1.58.